The molecule has 9 nitrogen and oxygen atoms in total. The molecular weight excluding hydrogens is 396 g/mol. The molecule has 31 heavy (non-hydrogen) atoms. The van der Waals surface area contributed by atoms with Crippen molar-refractivity contribution in [3.8, 4) is 29.0 Å². The highest BCUT2D eigenvalue weighted by atomic mass is 16.6. The summed E-state index contributed by atoms with van der Waals surface area (Å²) in [4.78, 5) is 18.8. The van der Waals surface area contributed by atoms with Crippen molar-refractivity contribution in [3.63, 3.8) is 0 Å². The summed E-state index contributed by atoms with van der Waals surface area (Å²) in [5, 5.41) is 8.55. The zero-order valence-corrected chi connectivity index (χ0v) is 18.4. The van der Waals surface area contributed by atoms with Crippen LogP contribution in [0.1, 0.15) is 27.7 Å². The third-order valence-corrected chi connectivity index (χ3v) is 5.01. The SMILES string of the molecule is CC#CC(=O)N1CC(C)(C)OC(C)(COc2nc(-c3cnn(C)c3)cn3nccc23)C1. The lowest BCUT2D eigenvalue weighted by Gasteiger charge is -2.47. The predicted molar refractivity (Wildman–Crippen MR) is 114 cm³/mol. The third kappa shape index (κ3) is 4.39. The number of aromatic nitrogens is 5. The van der Waals surface area contributed by atoms with Crippen LogP contribution in [0.5, 0.6) is 5.88 Å². The molecule has 1 amide bonds. The van der Waals surface area contributed by atoms with Crippen molar-refractivity contribution in [2.45, 2.75) is 38.9 Å². The van der Waals surface area contributed by atoms with Crippen molar-refractivity contribution in [1.82, 2.24) is 29.3 Å². The highest BCUT2D eigenvalue weighted by Gasteiger charge is 2.43. The van der Waals surface area contributed by atoms with Gasteiger partial charge in [0.2, 0.25) is 5.88 Å². The molecule has 0 N–H and O–H groups in total. The maximum absolute atomic E-state index is 12.4. The van der Waals surface area contributed by atoms with Crippen LogP contribution in [0.15, 0.2) is 30.9 Å². The third-order valence-electron chi connectivity index (χ3n) is 5.01. The number of aryl methyl sites for hydroxylation is 1. The van der Waals surface area contributed by atoms with E-state index in [4.69, 9.17) is 14.5 Å². The van der Waals surface area contributed by atoms with Crippen LogP contribution in [0.3, 0.4) is 0 Å². The first kappa shape index (κ1) is 20.9. The maximum Gasteiger partial charge on any atom is 0.298 e. The standard InChI is InChI=1S/C22H26N6O3/c1-6-7-19(29)27-13-21(2,3)31-22(4,14-27)15-30-20-18-8-9-23-28(18)12-17(25-20)16-10-24-26(5)11-16/h8-12H,13-15H2,1-5H3. The fourth-order valence-corrected chi connectivity index (χ4v) is 3.97. The van der Waals surface area contributed by atoms with Crippen molar-refractivity contribution < 1.29 is 14.3 Å². The van der Waals surface area contributed by atoms with E-state index in [0.717, 1.165) is 11.1 Å². The minimum Gasteiger partial charge on any atom is -0.473 e. The van der Waals surface area contributed by atoms with Gasteiger partial charge in [-0.3, -0.25) is 9.48 Å². The number of hydrogen-bond donors (Lipinski definition) is 0. The first-order valence-electron chi connectivity index (χ1n) is 10.1. The van der Waals surface area contributed by atoms with Crippen LogP contribution < -0.4 is 4.74 Å². The van der Waals surface area contributed by atoms with Crippen LogP contribution in [0.4, 0.5) is 0 Å². The van der Waals surface area contributed by atoms with E-state index in [0.29, 0.717) is 24.7 Å². The summed E-state index contributed by atoms with van der Waals surface area (Å²) in [6, 6.07) is 1.84. The number of ether oxygens (including phenoxy) is 2. The van der Waals surface area contributed by atoms with Gasteiger partial charge in [-0.25, -0.2) is 9.50 Å². The van der Waals surface area contributed by atoms with E-state index in [9.17, 15) is 4.79 Å². The second kappa shape index (κ2) is 7.71. The second-order valence-electron chi connectivity index (χ2n) is 8.63. The Morgan fingerprint density at radius 1 is 1.26 bits per heavy atom. The molecule has 4 rings (SSSR count). The molecule has 1 saturated heterocycles. The van der Waals surface area contributed by atoms with Gasteiger partial charge in [0.05, 0.1) is 43.0 Å². The number of amides is 1. The zero-order chi connectivity index (χ0) is 22.2. The molecule has 1 unspecified atom stereocenters. The van der Waals surface area contributed by atoms with Crippen LogP contribution >= 0.6 is 0 Å². The number of rotatable bonds is 4. The Morgan fingerprint density at radius 2 is 2.06 bits per heavy atom. The quantitative estimate of drug-likeness (QED) is 0.597. The summed E-state index contributed by atoms with van der Waals surface area (Å²) in [7, 11) is 1.85. The van der Waals surface area contributed by atoms with Crippen LogP contribution in [-0.4, -0.2) is 66.1 Å². The second-order valence-corrected chi connectivity index (χ2v) is 8.63. The van der Waals surface area contributed by atoms with E-state index in [1.54, 1.807) is 33.4 Å². The summed E-state index contributed by atoms with van der Waals surface area (Å²) in [6.45, 7) is 8.57. The minimum atomic E-state index is -0.726. The van der Waals surface area contributed by atoms with Crippen molar-refractivity contribution in [2.75, 3.05) is 19.7 Å². The van der Waals surface area contributed by atoms with Gasteiger partial charge in [-0.15, -0.1) is 0 Å². The molecule has 1 atom stereocenters. The number of nitrogens with zero attached hydrogens (tertiary/aromatic N) is 6. The molecule has 1 aliphatic heterocycles. The molecule has 162 valence electrons. The summed E-state index contributed by atoms with van der Waals surface area (Å²) >= 11 is 0. The number of fused-ring (bicyclic) bond motifs is 1. The molecule has 0 saturated carbocycles. The fourth-order valence-electron chi connectivity index (χ4n) is 3.97. The molecule has 9 heteroatoms. The van der Waals surface area contributed by atoms with Gasteiger partial charge >= 0.3 is 0 Å². The van der Waals surface area contributed by atoms with Crippen LogP contribution in [-0.2, 0) is 16.6 Å². The molecule has 1 aliphatic rings. The Kier molecular flexibility index (Phi) is 5.19. The van der Waals surface area contributed by atoms with Crippen molar-refractivity contribution in [3.05, 3.63) is 30.9 Å². The molecule has 0 bridgehead atoms. The molecule has 4 heterocycles. The zero-order valence-electron chi connectivity index (χ0n) is 18.4. The average molecular weight is 422 g/mol. The lowest BCUT2D eigenvalue weighted by atomic mass is 9.98. The molecule has 0 aromatic carbocycles. The molecule has 1 fully saturated rings. The fraction of sp³-hybridized carbons (Fsp3) is 0.455. The predicted octanol–water partition coefficient (Wildman–Crippen LogP) is 1.93. The van der Waals surface area contributed by atoms with Gasteiger partial charge in [0.25, 0.3) is 5.91 Å². The lowest BCUT2D eigenvalue weighted by Crippen LogP contribution is -2.61. The molecule has 3 aromatic heterocycles. The molecule has 0 aliphatic carbocycles. The number of carbonyl (C=O) groups is 1. The topological polar surface area (TPSA) is 86.8 Å². The van der Waals surface area contributed by atoms with Crippen molar-refractivity contribution >= 4 is 11.4 Å². The monoisotopic (exact) mass is 422 g/mol. The van der Waals surface area contributed by atoms with Crippen molar-refractivity contribution in [2.24, 2.45) is 7.05 Å². The Hall–Kier alpha value is -3.38. The van der Waals surface area contributed by atoms with E-state index in [-0.39, 0.29) is 12.5 Å². The van der Waals surface area contributed by atoms with Gasteiger partial charge in [0, 0.05) is 18.8 Å². The summed E-state index contributed by atoms with van der Waals surface area (Å²) < 4.78 is 15.9. The van der Waals surface area contributed by atoms with E-state index < -0.39 is 11.2 Å². The van der Waals surface area contributed by atoms with E-state index in [1.165, 1.54) is 0 Å². The molecule has 3 aromatic rings. The van der Waals surface area contributed by atoms with Gasteiger partial charge < -0.3 is 14.4 Å². The van der Waals surface area contributed by atoms with Crippen molar-refractivity contribution in [1.29, 1.82) is 0 Å². The summed E-state index contributed by atoms with van der Waals surface area (Å²) in [5.74, 6) is 5.53. The number of morpholine rings is 1. The highest BCUT2D eigenvalue weighted by molar-refractivity contribution is 5.93. The van der Waals surface area contributed by atoms with Gasteiger partial charge in [-0.2, -0.15) is 10.2 Å². The Balaban J connectivity index is 1.61. The Bertz CT molecular complexity index is 1180. The lowest BCUT2D eigenvalue weighted by molar-refractivity contribution is -0.200. The Labute approximate surface area is 181 Å². The largest absolute Gasteiger partial charge is 0.473 e. The number of carbonyl (C=O) groups excluding carboxylic acids is 1. The molecule has 0 radical (unpaired) electrons. The average Bonchev–Trinajstić information content (AvgIpc) is 3.33. The highest BCUT2D eigenvalue weighted by Crippen LogP contribution is 2.30. The summed E-state index contributed by atoms with van der Waals surface area (Å²) in [6.07, 6.45) is 7.16. The maximum atomic E-state index is 12.4. The van der Waals surface area contributed by atoms with Gasteiger partial charge in [-0.1, -0.05) is 5.92 Å². The van der Waals surface area contributed by atoms with Crippen LogP contribution in [0, 0.1) is 11.8 Å². The summed E-state index contributed by atoms with van der Waals surface area (Å²) in [5.41, 5.74) is 1.05. The first-order valence-corrected chi connectivity index (χ1v) is 10.1. The van der Waals surface area contributed by atoms with Crippen LogP contribution in [0.25, 0.3) is 16.8 Å². The van der Waals surface area contributed by atoms with Gasteiger partial charge in [0.1, 0.15) is 17.7 Å². The van der Waals surface area contributed by atoms with E-state index in [2.05, 4.69) is 22.0 Å². The first-order chi connectivity index (χ1) is 14.7. The van der Waals surface area contributed by atoms with Gasteiger partial charge in [-0.05, 0) is 39.7 Å². The Morgan fingerprint density at radius 3 is 2.77 bits per heavy atom. The van der Waals surface area contributed by atoms with E-state index in [1.807, 2.05) is 46.3 Å². The minimum absolute atomic E-state index is 0.208. The molecule has 0 spiro atoms. The smallest absolute Gasteiger partial charge is 0.298 e. The number of hydrogen-bond acceptors (Lipinski definition) is 6. The van der Waals surface area contributed by atoms with E-state index >= 15 is 0 Å². The van der Waals surface area contributed by atoms with Crippen LogP contribution in [0.2, 0.25) is 0 Å². The normalized spacial score (nSPS) is 20.4. The molecular formula is C22H26N6O3. The van der Waals surface area contributed by atoms with Gasteiger partial charge in [0.15, 0.2) is 0 Å².